The summed E-state index contributed by atoms with van der Waals surface area (Å²) in [4.78, 5) is 18.2. The predicted octanol–water partition coefficient (Wildman–Crippen LogP) is 2.46. The molecule has 1 aliphatic rings. The number of amides is 1. The van der Waals surface area contributed by atoms with Crippen LogP contribution in [0.5, 0.6) is 0 Å². The van der Waals surface area contributed by atoms with Crippen LogP contribution in [-0.4, -0.2) is 48.6 Å². The Morgan fingerprint density at radius 3 is 2.88 bits per heavy atom. The van der Waals surface area contributed by atoms with Gasteiger partial charge in [-0.15, -0.1) is 0 Å². The van der Waals surface area contributed by atoms with Crippen molar-refractivity contribution in [3.05, 3.63) is 35.5 Å². The number of piperidine rings is 1. The van der Waals surface area contributed by atoms with E-state index in [-0.39, 0.29) is 18.6 Å². The smallest absolute Gasteiger partial charge is 0.248 e. The molecule has 1 N–H and O–H groups in total. The number of anilines is 1. The largest absolute Gasteiger partial charge is 0.381 e. The second-order valence-corrected chi connectivity index (χ2v) is 6.36. The first-order valence-electron chi connectivity index (χ1n) is 8.45. The number of carbonyl (C=O) groups is 1. The van der Waals surface area contributed by atoms with Crippen molar-refractivity contribution in [1.82, 2.24) is 9.88 Å². The number of aromatic nitrogens is 1. The van der Waals surface area contributed by atoms with Crippen molar-refractivity contribution in [3.8, 4) is 6.07 Å². The highest BCUT2D eigenvalue weighted by molar-refractivity contribution is 5.95. The quantitative estimate of drug-likeness (QED) is 0.926. The summed E-state index contributed by atoms with van der Waals surface area (Å²) in [5.74, 6) is 0.0312. The molecule has 1 aromatic carbocycles. The van der Waals surface area contributed by atoms with Gasteiger partial charge in [-0.3, -0.25) is 9.78 Å². The summed E-state index contributed by atoms with van der Waals surface area (Å²) in [6, 6.07) is 8.46. The number of hydrogen-bond acceptors (Lipinski definition) is 5. The molecule has 1 amide bonds. The van der Waals surface area contributed by atoms with Crippen LogP contribution >= 0.6 is 0 Å². The molecule has 1 aliphatic heterocycles. The van der Waals surface area contributed by atoms with Crippen LogP contribution in [0.2, 0.25) is 0 Å². The SMILES string of the molecule is COCC(=O)N1CCC(Nc2c(C#N)cnc3c(C)cccc23)CC1. The second kappa shape index (κ2) is 7.49. The molecule has 0 radical (unpaired) electrons. The number of nitriles is 1. The van der Waals surface area contributed by atoms with E-state index in [1.165, 1.54) is 7.11 Å². The highest BCUT2D eigenvalue weighted by atomic mass is 16.5. The summed E-state index contributed by atoms with van der Waals surface area (Å²) in [5.41, 5.74) is 3.40. The monoisotopic (exact) mass is 338 g/mol. The predicted molar refractivity (Wildman–Crippen MR) is 96.3 cm³/mol. The topological polar surface area (TPSA) is 78.2 Å². The Morgan fingerprint density at radius 2 is 2.20 bits per heavy atom. The Kier molecular flexibility index (Phi) is 5.15. The van der Waals surface area contributed by atoms with E-state index in [1.807, 2.05) is 30.0 Å². The Hall–Kier alpha value is -2.65. The highest BCUT2D eigenvalue weighted by Crippen LogP contribution is 2.29. The Balaban J connectivity index is 1.79. The maximum absolute atomic E-state index is 11.9. The van der Waals surface area contributed by atoms with Gasteiger partial charge in [0.25, 0.3) is 0 Å². The van der Waals surface area contributed by atoms with Crippen LogP contribution in [0.15, 0.2) is 24.4 Å². The third kappa shape index (κ3) is 3.57. The fourth-order valence-electron chi connectivity index (χ4n) is 3.30. The van der Waals surface area contributed by atoms with Gasteiger partial charge in [0, 0.05) is 37.8 Å². The van der Waals surface area contributed by atoms with Crippen LogP contribution in [0, 0.1) is 18.3 Å². The number of methoxy groups -OCH3 is 1. The number of benzene rings is 1. The van der Waals surface area contributed by atoms with Gasteiger partial charge in [0.1, 0.15) is 12.7 Å². The van der Waals surface area contributed by atoms with Crippen LogP contribution in [0.4, 0.5) is 5.69 Å². The van der Waals surface area contributed by atoms with E-state index in [2.05, 4.69) is 16.4 Å². The zero-order valence-corrected chi connectivity index (χ0v) is 14.6. The van der Waals surface area contributed by atoms with E-state index < -0.39 is 0 Å². The van der Waals surface area contributed by atoms with Crippen molar-refractivity contribution in [3.63, 3.8) is 0 Å². The van der Waals surface area contributed by atoms with Crippen molar-refractivity contribution in [2.24, 2.45) is 0 Å². The van der Waals surface area contributed by atoms with E-state index in [0.717, 1.165) is 35.0 Å². The first kappa shape index (κ1) is 17.2. The van der Waals surface area contributed by atoms with Crippen LogP contribution in [0.1, 0.15) is 24.0 Å². The average molecular weight is 338 g/mol. The van der Waals surface area contributed by atoms with Crippen molar-refractivity contribution in [1.29, 1.82) is 5.26 Å². The van der Waals surface area contributed by atoms with Crippen LogP contribution < -0.4 is 5.32 Å². The van der Waals surface area contributed by atoms with Crippen LogP contribution in [-0.2, 0) is 9.53 Å². The first-order chi connectivity index (χ1) is 12.1. The van der Waals surface area contributed by atoms with Gasteiger partial charge in [-0.2, -0.15) is 5.26 Å². The van der Waals surface area contributed by atoms with Gasteiger partial charge >= 0.3 is 0 Å². The number of likely N-dealkylation sites (tertiary alicyclic amines) is 1. The maximum Gasteiger partial charge on any atom is 0.248 e. The Labute approximate surface area is 147 Å². The van der Waals surface area contributed by atoms with Gasteiger partial charge in [0.15, 0.2) is 0 Å². The third-order valence-electron chi connectivity index (χ3n) is 4.68. The molecule has 0 aliphatic carbocycles. The Morgan fingerprint density at radius 1 is 1.44 bits per heavy atom. The minimum absolute atomic E-state index is 0.0312. The molecular weight excluding hydrogens is 316 g/mol. The lowest BCUT2D eigenvalue weighted by molar-refractivity contribution is -0.136. The van der Waals surface area contributed by atoms with Gasteiger partial charge in [0.05, 0.1) is 16.8 Å². The van der Waals surface area contributed by atoms with Gasteiger partial charge in [-0.05, 0) is 25.3 Å². The number of para-hydroxylation sites is 1. The summed E-state index contributed by atoms with van der Waals surface area (Å²) in [6.07, 6.45) is 3.32. The molecule has 0 unspecified atom stereocenters. The van der Waals surface area contributed by atoms with Gasteiger partial charge in [0.2, 0.25) is 5.91 Å². The molecule has 130 valence electrons. The molecule has 3 rings (SSSR count). The van der Waals surface area contributed by atoms with Crippen molar-refractivity contribution < 1.29 is 9.53 Å². The lowest BCUT2D eigenvalue weighted by Crippen LogP contribution is -2.43. The number of nitrogens with zero attached hydrogens (tertiary/aromatic N) is 3. The fourth-order valence-corrected chi connectivity index (χ4v) is 3.30. The lowest BCUT2D eigenvalue weighted by Gasteiger charge is -2.33. The summed E-state index contributed by atoms with van der Waals surface area (Å²) < 4.78 is 4.92. The van der Waals surface area contributed by atoms with Gasteiger partial charge in [-0.25, -0.2) is 0 Å². The minimum Gasteiger partial charge on any atom is -0.381 e. The van der Waals surface area contributed by atoms with Gasteiger partial charge in [-0.1, -0.05) is 18.2 Å². The summed E-state index contributed by atoms with van der Waals surface area (Å²) in [6.45, 7) is 3.55. The zero-order chi connectivity index (χ0) is 17.8. The van der Waals surface area contributed by atoms with Crippen LogP contribution in [0.3, 0.4) is 0 Å². The average Bonchev–Trinajstić information content (AvgIpc) is 2.63. The molecule has 0 saturated carbocycles. The number of rotatable bonds is 4. The maximum atomic E-state index is 11.9. The summed E-state index contributed by atoms with van der Waals surface area (Å²) in [7, 11) is 1.53. The number of fused-ring (bicyclic) bond motifs is 1. The molecule has 1 saturated heterocycles. The first-order valence-corrected chi connectivity index (χ1v) is 8.45. The molecule has 6 nitrogen and oxygen atoms in total. The Bertz CT molecular complexity index is 820. The van der Waals surface area contributed by atoms with Crippen molar-refractivity contribution >= 4 is 22.5 Å². The third-order valence-corrected chi connectivity index (χ3v) is 4.68. The number of hydrogen-bond donors (Lipinski definition) is 1. The molecule has 0 bridgehead atoms. The van der Waals surface area contributed by atoms with Crippen LogP contribution in [0.25, 0.3) is 10.9 Å². The molecule has 0 atom stereocenters. The van der Waals surface area contributed by atoms with Crippen molar-refractivity contribution in [2.75, 3.05) is 32.1 Å². The van der Waals surface area contributed by atoms with E-state index in [9.17, 15) is 10.1 Å². The standard InChI is InChI=1S/C19H22N4O2/c1-13-4-3-5-16-18(13)21-11-14(10-20)19(16)22-15-6-8-23(9-7-15)17(24)12-25-2/h3-5,11,15H,6-9,12H2,1-2H3,(H,21,22). The lowest BCUT2D eigenvalue weighted by atomic mass is 10.0. The van der Waals surface area contributed by atoms with Gasteiger partial charge < -0.3 is 15.0 Å². The molecule has 1 aromatic heterocycles. The number of aryl methyl sites for hydroxylation is 1. The molecule has 2 aromatic rings. The summed E-state index contributed by atoms with van der Waals surface area (Å²) in [5, 5.41) is 14.0. The molecular formula is C19H22N4O2. The molecule has 1 fully saturated rings. The van der Waals surface area contributed by atoms with Crippen molar-refractivity contribution in [2.45, 2.75) is 25.8 Å². The number of pyridine rings is 1. The number of carbonyl (C=O) groups excluding carboxylic acids is 1. The van der Waals surface area contributed by atoms with E-state index in [4.69, 9.17) is 4.74 Å². The number of nitrogens with one attached hydrogen (secondary N) is 1. The molecule has 25 heavy (non-hydrogen) atoms. The molecule has 2 heterocycles. The minimum atomic E-state index is 0.0312. The molecule has 6 heteroatoms. The fraction of sp³-hybridized carbons (Fsp3) is 0.421. The zero-order valence-electron chi connectivity index (χ0n) is 14.6. The second-order valence-electron chi connectivity index (χ2n) is 6.36. The van der Waals surface area contributed by atoms with E-state index in [1.54, 1.807) is 6.20 Å². The van der Waals surface area contributed by atoms with E-state index in [0.29, 0.717) is 18.7 Å². The van der Waals surface area contributed by atoms with E-state index >= 15 is 0 Å². The number of ether oxygens (including phenoxy) is 1. The summed E-state index contributed by atoms with van der Waals surface area (Å²) >= 11 is 0. The molecule has 0 spiro atoms. The highest BCUT2D eigenvalue weighted by Gasteiger charge is 2.23. The normalized spacial score (nSPS) is 15.2.